The molecule has 0 aliphatic rings. The third-order valence-electron chi connectivity index (χ3n) is 3.11. The Kier molecular flexibility index (Phi) is 5.58. The first-order valence-electron chi connectivity index (χ1n) is 6.99. The molecular formula is C15H14N2O6S2. The highest BCUT2D eigenvalue weighted by molar-refractivity contribution is 8.66. The van der Waals surface area contributed by atoms with Crippen LogP contribution in [-0.2, 0) is 22.7 Å². The largest absolute Gasteiger partial charge is 0.492 e. The van der Waals surface area contributed by atoms with Crippen molar-refractivity contribution in [2.24, 2.45) is 5.10 Å². The van der Waals surface area contributed by atoms with Gasteiger partial charge in [-0.2, -0.15) is 13.2 Å². The van der Waals surface area contributed by atoms with Gasteiger partial charge in [0.15, 0.2) is 0 Å². The fraction of sp³-hybridized carbons (Fsp3) is 0.133. The normalized spacial score (nSPS) is 11.4. The highest BCUT2D eigenvalue weighted by Crippen LogP contribution is 2.32. The van der Waals surface area contributed by atoms with Gasteiger partial charge in [-0.15, -0.1) is 0 Å². The molecule has 1 N–H and O–H groups in total. The second-order valence-corrected chi connectivity index (χ2v) is 9.74. The predicted octanol–water partition coefficient (Wildman–Crippen LogP) is 1.61. The highest BCUT2D eigenvalue weighted by atomic mass is 33.2. The first-order valence-corrected chi connectivity index (χ1v) is 10.5. The number of ether oxygens (including phenoxy) is 1. The summed E-state index contributed by atoms with van der Waals surface area (Å²) < 4.78 is 54.2. The molecule has 0 unspecified atom stereocenters. The van der Waals surface area contributed by atoms with Crippen LogP contribution < -0.4 is 9.57 Å². The summed E-state index contributed by atoms with van der Waals surface area (Å²) in [7, 11) is -9.93. The molecule has 2 aromatic carbocycles. The maximum Gasteiger partial charge on any atom is 0.359 e. The lowest BCUT2D eigenvalue weighted by Gasteiger charge is -2.12. The molecule has 0 heterocycles. The Bertz CT molecular complexity index is 1010. The van der Waals surface area contributed by atoms with E-state index in [9.17, 15) is 21.6 Å². The van der Waals surface area contributed by atoms with Crippen molar-refractivity contribution in [2.75, 3.05) is 6.61 Å². The zero-order chi connectivity index (χ0) is 18.5. The molecule has 8 nitrogen and oxygen atoms in total. The van der Waals surface area contributed by atoms with Crippen molar-refractivity contribution in [1.29, 1.82) is 0 Å². The van der Waals surface area contributed by atoms with Gasteiger partial charge in [0.2, 0.25) is 0 Å². The summed E-state index contributed by atoms with van der Waals surface area (Å²) in [5.41, 5.74) is 1.18. The van der Waals surface area contributed by atoms with Gasteiger partial charge in [-0.3, -0.25) is 0 Å². The van der Waals surface area contributed by atoms with E-state index in [4.69, 9.17) is 4.74 Å². The Labute approximate surface area is 144 Å². The van der Waals surface area contributed by atoms with Gasteiger partial charge >= 0.3 is 17.9 Å². The molecular weight excluding hydrogens is 368 g/mol. The molecule has 0 aliphatic heterocycles. The van der Waals surface area contributed by atoms with E-state index in [2.05, 4.69) is 5.10 Å². The van der Waals surface area contributed by atoms with Gasteiger partial charge in [0.1, 0.15) is 10.6 Å². The average Bonchev–Trinajstić information content (AvgIpc) is 2.61. The van der Waals surface area contributed by atoms with E-state index in [1.165, 1.54) is 17.0 Å². The number of rotatable bonds is 7. The number of carbonyl (C=O) groups excluding carboxylic acids is 1. The van der Waals surface area contributed by atoms with Crippen molar-refractivity contribution in [3.8, 4) is 16.9 Å². The van der Waals surface area contributed by atoms with Gasteiger partial charge in [0.05, 0.1) is 6.61 Å². The number of isocyanates is 1. The van der Waals surface area contributed by atoms with Gasteiger partial charge < -0.3 is 4.74 Å². The van der Waals surface area contributed by atoms with Gasteiger partial charge in [0, 0.05) is 0 Å². The monoisotopic (exact) mass is 382 g/mol. The van der Waals surface area contributed by atoms with Crippen molar-refractivity contribution < 1.29 is 26.4 Å². The lowest BCUT2D eigenvalue weighted by Crippen LogP contribution is -2.27. The van der Waals surface area contributed by atoms with Crippen LogP contribution in [0.4, 0.5) is 0 Å². The van der Waals surface area contributed by atoms with Crippen molar-refractivity contribution in [1.82, 2.24) is 4.83 Å². The summed E-state index contributed by atoms with van der Waals surface area (Å²) >= 11 is 0. The molecule has 0 saturated heterocycles. The summed E-state index contributed by atoms with van der Waals surface area (Å²) in [6.07, 6.45) is 0.913. The number of nitrogens with zero attached hydrogens (tertiary/aromatic N) is 1. The van der Waals surface area contributed by atoms with Crippen LogP contribution in [0.2, 0.25) is 0 Å². The Morgan fingerprint density at radius 3 is 2.32 bits per heavy atom. The molecule has 132 valence electrons. The summed E-state index contributed by atoms with van der Waals surface area (Å²) in [5, 5.41) is 2.63. The molecule has 0 amide bonds. The fourth-order valence-electron chi connectivity index (χ4n) is 2.03. The molecule has 0 spiro atoms. The van der Waals surface area contributed by atoms with Crippen LogP contribution in [-0.4, -0.2) is 29.5 Å². The van der Waals surface area contributed by atoms with E-state index in [1.807, 2.05) is 0 Å². The summed E-state index contributed by atoms with van der Waals surface area (Å²) in [5.74, 6) is -0.123. The Morgan fingerprint density at radius 1 is 1.04 bits per heavy atom. The Balaban J connectivity index is 2.67. The Hall–Kier alpha value is -2.68. The molecule has 0 atom stereocenters. The van der Waals surface area contributed by atoms with Crippen LogP contribution >= 0.6 is 0 Å². The smallest absolute Gasteiger partial charge is 0.359 e. The van der Waals surface area contributed by atoms with Crippen molar-refractivity contribution in [3.05, 3.63) is 48.5 Å². The van der Waals surface area contributed by atoms with Gasteiger partial charge in [-0.1, -0.05) is 41.5 Å². The Morgan fingerprint density at radius 2 is 1.72 bits per heavy atom. The van der Waals surface area contributed by atoms with E-state index in [0.29, 0.717) is 11.1 Å². The zero-order valence-corrected chi connectivity index (χ0v) is 14.7. The molecule has 0 bridgehead atoms. The standard InChI is InChI=1S/C15H14N2O6S2/c1-2-23-14-9-8-13(12-6-4-3-5-7-12)10-15(14)24(19,20)25(21,22)17-16-11-18/h3-10,17H,2H2,1H3. The van der Waals surface area contributed by atoms with E-state index in [0.717, 1.165) is 6.08 Å². The summed E-state index contributed by atoms with van der Waals surface area (Å²) in [6.45, 7) is 1.76. The average molecular weight is 382 g/mol. The van der Waals surface area contributed by atoms with Crippen LogP contribution in [0, 0.1) is 0 Å². The molecule has 10 heteroatoms. The number of hydrogen-bond acceptors (Lipinski definition) is 7. The number of nitrogens with one attached hydrogen (secondary N) is 1. The van der Waals surface area contributed by atoms with E-state index >= 15 is 0 Å². The lowest BCUT2D eigenvalue weighted by atomic mass is 10.1. The van der Waals surface area contributed by atoms with Crippen LogP contribution in [0.15, 0.2) is 58.5 Å². The van der Waals surface area contributed by atoms with E-state index in [1.54, 1.807) is 43.3 Å². The van der Waals surface area contributed by atoms with E-state index < -0.39 is 22.8 Å². The van der Waals surface area contributed by atoms with Crippen molar-refractivity contribution in [2.45, 2.75) is 11.8 Å². The number of benzene rings is 2. The molecule has 0 aromatic heterocycles. The predicted molar refractivity (Wildman–Crippen MR) is 90.4 cm³/mol. The van der Waals surface area contributed by atoms with Crippen molar-refractivity contribution >= 4 is 24.0 Å². The van der Waals surface area contributed by atoms with E-state index in [-0.39, 0.29) is 12.4 Å². The highest BCUT2D eigenvalue weighted by Gasteiger charge is 2.35. The van der Waals surface area contributed by atoms with Gasteiger partial charge in [0.25, 0.3) is 6.08 Å². The summed E-state index contributed by atoms with van der Waals surface area (Å²) in [6, 6.07) is 13.0. The zero-order valence-electron chi connectivity index (χ0n) is 13.0. The molecule has 2 rings (SSSR count). The molecule has 0 saturated carbocycles. The second kappa shape index (κ2) is 7.47. The number of hydrazone groups is 1. The maximum atomic E-state index is 12.5. The fourth-order valence-corrected chi connectivity index (χ4v) is 4.66. The molecule has 0 aliphatic carbocycles. The third kappa shape index (κ3) is 3.87. The summed E-state index contributed by atoms with van der Waals surface area (Å²) in [4.78, 5) is 10.8. The number of hydrogen-bond donors (Lipinski definition) is 1. The maximum absolute atomic E-state index is 12.5. The first kappa shape index (κ1) is 18.7. The first-order chi connectivity index (χ1) is 11.8. The van der Waals surface area contributed by atoms with Gasteiger partial charge in [-0.25, -0.2) is 13.2 Å². The lowest BCUT2D eigenvalue weighted by molar-refractivity contribution is 0.331. The second-order valence-electron chi connectivity index (χ2n) is 4.66. The molecule has 25 heavy (non-hydrogen) atoms. The minimum atomic E-state index is -5.00. The van der Waals surface area contributed by atoms with Crippen LogP contribution in [0.3, 0.4) is 0 Å². The van der Waals surface area contributed by atoms with Crippen LogP contribution in [0.25, 0.3) is 11.1 Å². The van der Waals surface area contributed by atoms with Gasteiger partial charge in [-0.05, 0) is 30.2 Å². The topological polar surface area (TPSA) is 119 Å². The SMILES string of the molecule is CCOc1ccc(-c2ccccc2)cc1S(=O)(=O)S(=O)(=O)NN=C=O. The molecule has 2 aromatic rings. The van der Waals surface area contributed by atoms with Crippen molar-refractivity contribution in [3.63, 3.8) is 0 Å². The third-order valence-corrected chi connectivity index (χ3v) is 7.36. The molecule has 0 fully saturated rings. The van der Waals surface area contributed by atoms with Crippen LogP contribution in [0.1, 0.15) is 6.92 Å². The molecule has 0 radical (unpaired) electrons. The van der Waals surface area contributed by atoms with Crippen LogP contribution in [0.5, 0.6) is 5.75 Å². The minimum Gasteiger partial charge on any atom is -0.492 e. The quantitative estimate of drug-likeness (QED) is 0.336. The minimum absolute atomic E-state index is 0.123.